The van der Waals surface area contributed by atoms with E-state index in [2.05, 4.69) is 5.32 Å². The number of amides is 2. The highest BCUT2D eigenvalue weighted by molar-refractivity contribution is 6.39. The molecule has 1 saturated heterocycles. The molecule has 0 radical (unpaired) electrons. The Balaban J connectivity index is 1.71. The first-order valence-corrected chi connectivity index (χ1v) is 7.89. The van der Waals surface area contributed by atoms with Gasteiger partial charge in [-0.3, -0.25) is 9.59 Å². The Bertz CT molecular complexity index is 695. The van der Waals surface area contributed by atoms with Gasteiger partial charge in [-0.25, -0.2) is 0 Å². The molecule has 1 heterocycles. The van der Waals surface area contributed by atoms with Crippen LogP contribution in [0.3, 0.4) is 0 Å². The van der Waals surface area contributed by atoms with Crippen molar-refractivity contribution in [2.75, 3.05) is 11.9 Å². The van der Waals surface area contributed by atoms with Crippen molar-refractivity contribution in [3.05, 3.63) is 65.7 Å². The minimum atomic E-state index is -0.573. The number of hydrogen-bond acceptors (Lipinski definition) is 2. The highest BCUT2D eigenvalue weighted by Crippen LogP contribution is 2.31. The smallest absolute Gasteiger partial charge is 0.313 e. The van der Waals surface area contributed by atoms with Crippen LogP contribution in [0.15, 0.2) is 54.6 Å². The fourth-order valence-corrected chi connectivity index (χ4v) is 2.98. The molecule has 2 aromatic carbocycles. The maximum atomic E-state index is 12.5. The van der Waals surface area contributed by atoms with Crippen molar-refractivity contribution in [3.63, 3.8) is 0 Å². The molecule has 1 aliphatic heterocycles. The highest BCUT2D eigenvalue weighted by Gasteiger charge is 2.33. The number of nitrogens with one attached hydrogen (secondary N) is 1. The Morgan fingerprint density at radius 1 is 1.04 bits per heavy atom. The van der Waals surface area contributed by atoms with Crippen molar-refractivity contribution in [3.8, 4) is 0 Å². The highest BCUT2D eigenvalue weighted by atomic mass is 16.2. The van der Waals surface area contributed by atoms with Gasteiger partial charge in [-0.05, 0) is 37.5 Å². The molecule has 0 spiro atoms. The third-order valence-electron chi connectivity index (χ3n) is 4.20. The van der Waals surface area contributed by atoms with Gasteiger partial charge in [-0.1, -0.05) is 48.0 Å². The Morgan fingerprint density at radius 3 is 2.43 bits per heavy atom. The van der Waals surface area contributed by atoms with Gasteiger partial charge in [0.05, 0.1) is 6.04 Å². The predicted octanol–water partition coefficient (Wildman–Crippen LogP) is 3.30. The first kappa shape index (κ1) is 15.3. The van der Waals surface area contributed by atoms with Gasteiger partial charge in [-0.2, -0.15) is 0 Å². The molecule has 1 atom stereocenters. The maximum absolute atomic E-state index is 12.5. The molecule has 1 aliphatic rings. The van der Waals surface area contributed by atoms with Gasteiger partial charge >= 0.3 is 11.8 Å². The molecule has 1 fully saturated rings. The quantitative estimate of drug-likeness (QED) is 0.865. The maximum Gasteiger partial charge on any atom is 0.313 e. The second-order valence-electron chi connectivity index (χ2n) is 5.89. The zero-order chi connectivity index (χ0) is 16.2. The lowest BCUT2D eigenvalue weighted by Gasteiger charge is -2.24. The van der Waals surface area contributed by atoms with E-state index in [-0.39, 0.29) is 6.04 Å². The van der Waals surface area contributed by atoms with Crippen molar-refractivity contribution >= 4 is 17.5 Å². The van der Waals surface area contributed by atoms with E-state index in [1.165, 1.54) is 0 Å². The van der Waals surface area contributed by atoms with E-state index in [0.717, 1.165) is 24.0 Å². The van der Waals surface area contributed by atoms with Gasteiger partial charge in [0.25, 0.3) is 0 Å². The first-order valence-electron chi connectivity index (χ1n) is 7.89. The van der Waals surface area contributed by atoms with Crippen LogP contribution < -0.4 is 5.32 Å². The summed E-state index contributed by atoms with van der Waals surface area (Å²) in [5.74, 6) is -1.03. The Morgan fingerprint density at radius 2 is 1.74 bits per heavy atom. The average molecular weight is 308 g/mol. The van der Waals surface area contributed by atoms with Crippen LogP contribution in [0, 0.1) is 6.92 Å². The zero-order valence-electron chi connectivity index (χ0n) is 13.2. The molecule has 4 heteroatoms. The standard InChI is InChI=1S/C19H20N2O2/c1-14-9-11-16(12-10-14)20-18(22)19(23)21-13-5-8-17(21)15-6-3-2-4-7-15/h2-4,6-7,9-12,17H,5,8,13H2,1H3,(H,20,22). The zero-order valence-corrected chi connectivity index (χ0v) is 13.2. The van der Waals surface area contributed by atoms with E-state index >= 15 is 0 Å². The van der Waals surface area contributed by atoms with Crippen molar-refractivity contribution < 1.29 is 9.59 Å². The molecular formula is C19H20N2O2. The van der Waals surface area contributed by atoms with Gasteiger partial charge in [0, 0.05) is 12.2 Å². The van der Waals surface area contributed by atoms with Gasteiger partial charge < -0.3 is 10.2 Å². The summed E-state index contributed by atoms with van der Waals surface area (Å²) < 4.78 is 0. The van der Waals surface area contributed by atoms with Crippen LogP contribution in [0.4, 0.5) is 5.69 Å². The van der Waals surface area contributed by atoms with Crippen molar-refractivity contribution in [2.45, 2.75) is 25.8 Å². The molecule has 1 N–H and O–H groups in total. The Kier molecular flexibility index (Phi) is 4.42. The molecule has 0 saturated carbocycles. The number of nitrogens with zero attached hydrogens (tertiary/aromatic N) is 1. The second kappa shape index (κ2) is 6.65. The van der Waals surface area contributed by atoms with Gasteiger partial charge in [0.15, 0.2) is 0 Å². The number of carbonyl (C=O) groups excluding carboxylic acids is 2. The molecule has 0 aromatic heterocycles. The third-order valence-corrected chi connectivity index (χ3v) is 4.20. The predicted molar refractivity (Wildman–Crippen MR) is 89.9 cm³/mol. The van der Waals surface area contributed by atoms with Crippen LogP contribution in [0.5, 0.6) is 0 Å². The number of anilines is 1. The number of likely N-dealkylation sites (tertiary alicyclic amines) is 1. The minimum Gasteiger partial charge on any atom is -0.327 e. The lowest BCUT2D eigenvalue weighted by Crippen LogP contribution is -2.39. The summed E-state index contributed by atoms with van der Waals surface area (Å²) in [7, 11) is 0. The fraction of sp³-hybridized carbons (Fsp3) is 0.263. The number of benzene rings is 2. The van der Waals surface area contributed by atoms with Crippen LogP contribution in [-0.4, -0.2) is 23.3 Å². The minimum absolute atomic E-state index is 0.00697. The van der Waals surface area contributed by atoms with Crippen molar-refractivity contribution in [1.29, 1.82) is 0 Å². The molecule has 2 aromatic rings. The third kappa shape index (κ3) is 3.42. The number of rotatable bonds is 2. The van der Waals surface area contributed by atoms with E-state index in [0.29, 0.717) is 12.2 Å². The van der Waals surface area contributed by atoms with Crippen LogP contribution >= 0.6 is 0 Å². The summed E-state index contributed by atoms with van der Waals surface area (Å²) in [6.07, 6.45) is 1.82. The van der Waals surface area contributed by atoms with Crippen molar-refractivity contribution in [1.82, 2.24) is 4.90 Å². The van der Waals surface area contributed by atoms with E-state index in [1.54, 1.807) is 17.0 Å². The molecule has 0 bridgehead atoms. The molecule has 4 nitrogen and oxygen atoms in total. The average Bonchev–Trinajstić information content (AvgIpc) is 3.06. The number of hydrogen-bond donors (Lipinski definition) is 1. The largest absolute Gasteiger partial charge is 0.327 e. The number of carbonyl (C=O) groups is 2. The molecule has 2 amide bonds. The normalized spacial score (nSPS) is 17.1. The Hall–Kier alpha value is -2.62. The van der Waals surface area contributed by atoms with E-state index in [9.17, 15) is 9.59 Å². The molecule has 23 heavy (non-hydrogen) atoms. The van der Waals surface area contributed by atoms with Crippen LogP contribution in [-0.2, 0) is 9.59 Å². The van der Waals surface area contributed by atoms with E-state index in [1.807, 2.05) is 49.4 Å². The lowest BCUT2D eigenvalue weighted by molar-refractivity contribution is -0.143. The molecule has 118 valence electrons. The molecule has 0 aliphatic carbocycles. The van der Waals surface area contributed by atoms with Crippen LogP contribution in [0.2, 0.25) is 0 Å². The topological polar surface area (TPSA) is 49.4 Å². The van der Waals surface area contributed by atoms with Gasteiger partial charge in [-0.15, -0.1) is 0 Å². The summed E-state index contributed by atoms with van der Waals surface area (Å²) in [6, 6.07) is 17.3. The van der Waals surface area contributed by atoms with E-state index < -0.39 is 11.8 Å². The molecule has 1 unspecified atom stereocenters. The monoisotopic (exact) mass is 308 g/mol. The fourth-order valence-electron chi connectivity index (χ4n) is 2.98. The van der Waals surface area contributed by atoms with Crippen LogP contribution in [0.25, 0.3) is 0 Å². The first-order chi connectivity index (χ1) is 11.1. The molecular weight excluding hydrogens is 288 g/mol. The molecule has 3 rings (SSSR count). The summed E-state index contributed by atoms with van der Waals surface area (Å²) in [6.45, 7) is 2.60. The summed E-state index contributed by atoms with van der Waals surface area (Å²) in [4.78, 5) is 26.5. The summed E-state index contributed by atoms with van der Waals surface area (Å²) in [5, 5.41) is 2.69. The van der Waals surface area contributed by atoms with Crippen LogP contribution in [0.1, 0.15) is 30.0 Å². The number of aryl methyl sites for hydroxylation is 1. The SMILES string of the molecule is Cc1ccc(NC(=O)C(=O)N2CCCC2c2ccccc2)cc1. The van der Waals surface area contributed by atoms with Crippen molar-refractivity contribution in [2.24, 2.45) is 0 Å². The lowest BCUT2D eigenvalue weighted by atomic mass is 10.0. The second-order valence-corrected chi connectivity index (χ2v) is 5.89. The van der Waals surface area contributed by atoms with Gasteiger partial charge in [0.2, 0.25) is 0 Å². The van der Waals surface area contributed by atoms with Gasteiger partial charge in [0.1, 0.15) is 0 Å². The summed E-state index contributed by atoms with van der Waals surface area (Å²) >= 11 is 0. The van der Waals surface area contributed by atoms with E-state index in [4.69, 9.17) is 0 Å². The summed E-state index contributed by atoms with van der Waals surface area (Å²) in [5.41, 5.74) is 2.84. The Labute approximate surface area is 136 Å².